The van der Waals surface area contributed by atoms with E-state index < -0.39 is 0 Å². The van der Waals surface area contributed by atoms with E-state index in [0.29, 0.717) is 6.54 Å². The van der Waals surface area contributed by atoms with Crippen LogP contribution in [0.3, 0.4) is 0 Å². The van der Waals surface area contributed by atoms with E-state index in [1.807, 2.05) is 6.07 Å². The lowest BCUT2D eigenvalue weighted by atomic mass is 9.79. The zero-order chi connectivity index (χ0) is 16.8. The van der Waals surface area contributed by atoms with Crippen LogP contribution in [0, 0.1) is 0 Å². The van der Waals surface area contributed by atoms with Gasteiger partial charge < -0.3 is 10.2 Å². The molecule has 4 nitrogen and oxygen atoms in total. The van der Waals surface area contributed by atoms with E-state index >= 15 is 0 Å². The van der Waals surface area contributed by atoms with Gasteiger partial charge in [-0.1, -0.05) is 37.5 Å². The highest BCUT2D eigenvalue weighted by atomic mass is 16.2. The van der Waals surface area contributed by atoms with Crippen molar-refractivity contribution in [1.29, 1.82) is 0 Å². The van der Waals surface area contributed by atoms with Crippen LogP contribution in [-0.2, 0) is 4.79 Å². The second-order valence-electron chi connectivity index (χ2n) is 7.30. The van der Waals surface area contributed by atoms with Gasteiger partial charge in [0.1, 0.15) is 5.54 Å². The minimum absolute atomic E-state index is 0.222. The standard InChI is InChI=1S/C20H31N3O/c1-22(18-10-4-2-5-11-18)17-14-21-19(24)20(12-6-3-7-13-20)23-15-8-9-16-23/h2,4-5,10-11H,3,6-9,12-17H2,1H3,(H,21,24). The third-order valence-electron chi connectivity index (χ3n) is 5.74. The topological polar surface area (TPSA) is 35.6 Å². The van der Waals surface area contributed by atoms with Gasteiger partial charge in [0, 0.05) is 25.8 Å². The van der Waals surface area contributed by atoms with Gasteiger partial charge in [0.05, 0.1) is 0 Å². The van der Waals surface area contributed by atoms with Gasteiger partial charge in [0.15, 0.2) is 0 Å². The van der Waals surface area contributed by atoms with E-state index in [1.165, 1.54) is 37.8 Å². The molecule has 0 bridgehead atoms. The van der Waals surface area contributed by atoms with Crippen LogP contribution < -0.4 is 10.2 Å². The highest BCUT2D eigenvalue weighted by molar-refractivity contribution is 5.86. The number of para-hydroxylation sites is 1. The Morgan fingerprint density at radius 3 is 2.42 bits per heavy atom. The van der Waals surface area contributed by atoms with Crippen LogP contribution in [0.1, 0.15) is 44.9 Å². The van der Waals surface area contributed by atoms with Gasteiger partial charge in [-0.25, -0.2) is 0 Å². The fraction of sp³-hybridized carbons (Fsp3) is 0.650. The van der Waals surface area contributed by atoms with E-state index in [-0.39, 0.29) is 11.4 Å². The first kappa shape index (κ1) is 17.3. The van der Waals surface area contributed by atoms with Crippen molar-refractivity contribution < 1.29 is 4.79 Å². The molecule has 1 saturated carbocycles. The number of anilines is 1. The van der Waals surface area contributed by atoms with Crippen molar-refractivity contribution in [3.63, 3.8) is 0 Å². The number of hydrogen-bond acceptors (Lipinski definition) is 3. The lowest BCUT2D eigenvalue weighted by Crippen LogP contribution is -2.59. The van der Waals surface area contributed by atoms with Gasteiger partial charge in [-0.2, -0.15) is 0 Å². The van der Waals surface area contributed by atoms with Crippen LogP contribution >= 0.6 is 0 Å². The summed E-state index contributed by atoms with van der Waals surface area (Å²) >= 11 is 0. The molecule has 3 rings (SSSR count). The van der Waals surface area contributed by atoms with Crippen LogP contribution in [0.25, 0.3) is 0 Å². The molecule has 0 unspecified atom stereocenters. The second kappa shape index (κ2) is 8.02. The largest absolute Gasteiger partial charge is 0.373 e. The first-order valence-electron chi connectivity index (χ1n) is 9.52. The maximum absolute atomic E-state index is 13.1. The summed E-state index contributed by atoms with van der Waals surface area (Å²) in [5.74, 6) is 0.269. The number of benzene rings is 1. The third-order valence-corrected chi connectivity index (χ3v) is 5.74. The minimum Gasteiger partial charge on any atom is -0.373 e. The number of carbonyl (C=O) groups is 1. The average Bonchev–Trinajstić information content (AvgIpc) is 3.18. The first-order chi connectivity index (χ1) is 11.7. The molecule has 0 atom stereocenters. The normalized spacial score (nSPS) is 20.7. The average molecular weight is 329 g/mol. The molecule has 1 aromatic rings. The SMILES string of the molecule is CN(CCNC(=O)C1(N2CCCC2)CCCCC1)c1ccccc1. The van der Waals surface area contributed by atoms with E-state index in [4.69, 9.17) is 0 Å². The number of carbonyl (C=O) groups excluding carboxylic acids is 1. The van der Waals surface area contributed by atoms with Gasteiger partial charge in [-0.15, -0.1) is 0 Å². The van der Waals surface area contributed by atoms with E-state index in [2.05, 4.69) is 46.4 Å². The van der Waals surface area contributed by atoms with Crippen LogP contribution in [0.5, 0.6) is 0 Å². The predicted octanol–water partition coefficient (Wildman–Crippen LogP) is 3.04. The van der Waals surface area contributed by atoms with Gasteiger partial charge in [-0.3, -0.25) is 9.69 Å². The fourth-order valence-electron chi connectivity index (χ4n) is 4.28. The van der Waals surface area contributed by atoms with Crippen molar-refractivity contribution in [3.05, 3.63) is 30.3 Å². The van der Waals surface area contributed by atoms with Crippen LogP contribution in [0.15, 0.2) is 30.3 Å². The molecule has 2 fully saturated rings. The van der Waals surface area contributed by atoms with Crippen molar-refractivity contribution in [1.82, 2.24) is 10.2 Å². The summed E-state index contributed by atoms with van der Waals surface area (Å²) in [6, 6.07) is 10.3. The Morgan fingerprint density at radius 1 is 1.08 bits per heavy atom. The summed E-state index contributed by atoms with van der Waals surface area (Å²) in [4.78, 5) is 17.7. The molecule has 1 heterocycles. The number of likely N-dealkylation sites (tertiary alicyclic amines) is 1. The third kappa shape index (κ3) is 3.75. The van der Waals surface area contributed by atoms with E-state index in [0.717, 1.165) is 32.5 Å². The van der Waals surface area contributed by atoms with Crippen molar-refractivity contribution in [3.8, 4) is 0 Å². The molecule has 1 amide bonds. The van der Waals surface area contributed by atoms with Crippen LogP contribution in [-0.4, -0.2) is 49.6 Å². The van der Waals surface area contributed by atoms with E-state index in [9.17, 15) is 4.79 Å². The predicted molar refractivity (Wildman–Crippen MR) is 99.3 cm³/mol. The van der Waals surface area contributed by atoms with Crippen molar-refractivity contribution in [2.24, 2.45) is 0 Å². The molecule has 1 aliphatic carbocycles. The molecular formula is C20H31N3O. The molecule has 1 N–H and O–H groups in total. The van der Waals surface area contributed by atoms with Gasteiger partial charge >= 0.3 is 0 Å². The molecule has 2 aliphatic rings. The Kier molecular flexibility index (Phi) is 5.77. The number of nitrogens with zero attached hydrogens (tertiary/aromatic N) is 2. The lowest BCUT2D eigenvalue weighted by molar-refractivity contribution is -0.135. The summed E-state index contributed by atoms with van der Waals surface area (Å²) in [6.45, 7) is 3.74. The molecule has 24 heavy (non-hydrogen) atoms. The summed E-state index contributed by atoms with van der Waals surface area (Å²) in [7, 11) is 2.08. The summed E-state index contributed by atoms with van der Waals surface area (Å²) in [5, 5.41) is 3.25. The summed E-state index contributed by atoms with van der Waals surface area (Å²) in [6.07, 6.45) is 8.21. The monoisotopic (exact) mass is 329 g/mol. The Morgan fingerprint density at radius 2 is 1.75 bits per heavy atom. The highest BCUT2D eigenvalue weighted by Crippen LogP contribution is 2.36. The second-order valence-corrected chi connectivity index (χ2v) is 7.30. The number of rotatable bonds is 6. The molecule has 4 heteroatoms. The van der Waals surface area contributed by atoms with Crippen molar-refractivity contribution >= 4 is 11.6 Å². The van der Waals surface area contributed by atoms with Crippen LogP contribution in [0.4, 0.5) is 5.69 Å². The molecule has 0 radical (unpaired) electrons. The highest BCUT2D eigenvalue weighted by Gasteiger charge is 2.45. The quantitative estimate of drug-likeness (QED) is 0.871. The number of hydrogen-bond donors (Lipinski definition) is 1. The maximum Gasteiger partial charge on any atom is 0.240 e. The maximum atomic E-state index is 13.1. The summed E-state index contributed by atoms with van der Waals surface area (Å²) in [5.41, 5.74) is 0.971. The van der Waals surface area contributed by atoms with Crippen molar-refractivity contribution in [2.75, 3.05) is 38.1 Å². The number of likely N-dealkylation sites (N-methyl/N-ethyl adjacent to an activating group) is 1. The molecule has 0 spiro atoms. The zero-order valence-electron chi connectivity index (χ0n) is 15.0. The Labute approximate surface area is 146 Å². The lowest BCUT2D eigenvalue weighted by Gasteiger charge is -2.43. The van der Waals surface area contributed by atoms with E-state index in [1.54, 1.807) is 0 Å². The number of nitrogens with one attached hydrogen (secondary N) is 1. The zero-order valence-corrected chi connectivity index (χ0v) is 15.0. The molecule has 1 saturated heterocycles. The molecule has 1 aliphatic heterocycles. The fourth-order valence-corrected chi connectivity index (χ4v) is 4.28. The van der Waals surface area contributed by atoms with Gasteiger partial charge in [0.2, 0.25) is 5.91 Å². The Hall–Kier alpha value is -1.55. The number of amides is 1. The van der Waals surface area contributed by atoms with Crippen LogP contribution in [0.2, 0.25) is 0 Å². The molecule has 1 aromatic carbocycles. The Bertz CT molecular complexity index is 519. The molecule has 132 valence electrons. The first-order valence-corrected chi connectivity index (χ1v) is 9.52. The minimum atomic E-state index is -0.222. The Balaban J connectivity index is 1.56. The van der Waals surface area contributed by atoms with Gasteiger partial charge in [0.25, 0.3) is 0 Å². The molecule has 0 aromatic heterocycles. The van der Waals surface area contributed by atoms with Gasteiger partial charge in [-0.05, 0) is 50.9 Å². The van der Waals surface area contributed by atoms with Crippen molar-refractivity contribution in [2.45, 2.75) is 50.5 Å². The smallest absolute Gasteiger partial charge is 0.240 e. The molecular weight excluding hydrogens is 298 g/mol. The summed E-state index contributed by atoms with van der Waals surface area (Å²) < 4.78 is 0.